The van der Waals surface area contributed by atoms with Gasteiger partial charge in [-0.15, -0.1) is 11.3 Å². The third-order valence-corrected chi connectivity index (χ3v) is 4.66. The van der Waals surface area contributed by atoms with Crippen LogP contribution in [0.5, 0.6) is 5.75 Å². The Balaban J connectivity index is 2.01. The van der Waals surface area contributed by atoms with E-state index in [4.69, 9.17) is 10.5 Å². The highest BCUT2D eigenvalue weighted by Crippen LogP contribution is 2.24. The quantitative estimate of drug-likeness (QED) is 0.897. The zero-order valence-electron chi connectivity index (χ0n) is 10.3. The molecule has 2 rings (SSSR count). The number of rotatable bonds is 5. The van der Waals surface area contributed by atoms with Gasteiger partial charge in [-0.05, 0) is 42.3 Å². The number of hydrogen-bond donors (Lipinski definition) is 1. The fourth-order valence-corrected chi connectivity index (χ4v) is 2.92. The molecule has 0 radical (unpaired) electrons. The molecule has 0 unspecified atom stereocenters. The van der Waals surface area contributed by atoms with Gasteiger partial charge in [-0.3, -0.25) is 0 Å². The van der Waals surface area contributed by atoms with Crippen LogP contribution in [0.3, 0.4) is 0 Å². The van der Waals surface area contributed by atoms with Gasteiger partial charge in [0.25, 0.3) is 0 Å². The van der Waals surface area contributed by atoms with Crippen LogP contribution in [0.25, 0.3) is 0 Å². The van der Waals surface area contributed by atoms with Gasteiger partial charge in [-0.2, -0.15) is 0 Å². The molecule has 4 heteroatoms. The summed E-state index contributed by atoms with van der Waals surface area (Å²) in [7, 11) is 0. The van der Waals surface area contributed by atoms with Crippen molar-refractivity contribution in [2.24, 2.45) is 5.73 Å². The fraction of sp³-hybridized carbons (Fsp3) is 0.286. The Morgan fingerprint density at radius 2 is 2.00 bits per heavy atom. The maximum absolute atomic E-state index is 5.78. The van der Waals surface area contributed by atoms with E-state index in [1.165, 1.54) is 9.75 Å². The third-order valence-electron chi connectivity index (χ3n) is 2.68. The number of hydrogen-bond acceptors (Lipinski definition) is 3. The van der Waals surface area contributed by atoms with Crippen molar-refractivity contribution >= 4 is 27.3 Å². The molecular weight excluding hydrogens is 310 g/mol. The van der Waals surface area contributed by atoms with Crippen LogP contribution in [0.15, 0.2) is 34.8 Å². The first-order valence-electron chi connectivity index (χ1n) is 5.91. The van der Waals surface area contributed by atoms with Crippen LogP contribution in [-0.2, 0) is 19.6 Å². The van der Waals surface area contributed by atoms with Crippen molar-refractivity contribution in [2.75, 3.05) is 0 Å². The molecule has 0 saturated carbocycles. The molecule has 0 saturated heterocycles. The fourth-order valence-electron chi connectivity index (χ4n) is 1.64. The smallest absolute Gasteiger partial charge is 0.122 e. The van der Waals surface area contributed by atoms with Crippen molar-refractivity contribution < 1.29 is 4.74 Å². The minimum Gasteiger partial charge on any atom is -0.488 e. The van der Waals surface area contributed by atoms with Gasteiger partial charge in [0.05, 0.1) is 0 Å². The molecule has 1 heterocycles. The second-order valence-electron chi connectivity index (χ2n) is 3.97. The van der Waals surface area contributed by atoms with Crippen molar-refractivity contribution in [3.63, 3.8) is 0 Å². The van der Waals surface area contributed by atoms with Crippen LogP contribution >= 0.6 is 27.3 Å². The topological polar surface area (TPSA) is 35.2 Å². The Bertz CT molecular complexity index is 524. The first-order chi connectivity index (χ1) is 8.72. The van der Waals surface area contributed by atoms with Gasteiger partial charge in [0.2, 0.25) is 0 Å². The Labute approximate surface area is 120 Å². The summed E-state index contributed by atoms with van der Waals surface area (Å²) in [5.41, 5.74) is 6.73. The predicted molar refractivity (Wildman–Crippen MR) is 80.1 cm³/mol. The second-order valence-corrected chi connectivity index (χ2v) is 6.07. The molecule has 0 fully saturated rings. The Hall–Kier alpha value is -0.840. The number of thiophene rings is 1. The van der Waals surface area contributed by atoms with E-state index in [1.54, 1.807) is 11.3 Å². The van der Waals surface area contributed by atoms with Crippen molar-refractivity contribution in [3.05, 3.63) is 50.1 Å². The summed E-state index contributed by atoms with van der Waals surface area (Å²) in [6, 6.07) is 10.2. The molecular formula is C14H16BrNOS. The van der Waals surface area contributed by atoms with Gasteiger partial charge in [0.1, 0.15) is 12.4 Å². The van der Waals surface area contributed by atoms with E-state index in [2.05, 4.69) is 35.0 Å². The van der Waals surface area contributed by atoms with E-state index < -0.39 is 0 Å². The third kappa shape index (κ3) is 3.34. The van der Waals surface area contributed by atoms with Crippen LogP contribution in [-0.4, -0.2) is 0 Å². The lowest BCUT2D eigenvalue weighted by atomic mass is 10.2. The average molecular weight is 326 g/mol. The number of aryl methyl sites for hydroxylation is 1. The zero-order chi connectivity index (χ0) is 13.0. The first kappa shape index (κ1) is 13.6. The molecule has 0 amide bonds. The van der Waals surface area contributed by atoms with Crippen LogP contribution in [0, 0.1) is 0 Å². The van der Waals surface area contributed by atoms with Crippen molar-refractivity contribution in [1.29, 1.82) is 0 Å². The molecule has 0 spiro atoms. The molecule has 0 aliphatic rings. The summed E-state index contributed by atoms with van der Waals surface area (Å²) >= 11 is 5.27. The van der Waals surface area contributed by atoms with Crippen LogP contribution in [0.2, 0.25) is 0 Å². The number of nitrogens with two attached hydrogens (primary N) is 1. The molecule has 1 aromatic carbocycles. The molecule has 0 aliphatic carbocycles. The van der Waals surface area contributed by atoms with Gasteiger partial charge < -0.3 is 10.5 Å². The van der Waals surface area contributed by atoms with E-state index in [0.717, 1.165) is 22.2 Å². The summed E-state index contributed by atoms with van der Waals surface area (Å²) in [5, 5.41) is 0. The summed E-state index contributed by atoms with van der Waals surface area (Å²) in [6.45, 7) is 3.30. The van der Waals surface area contributed by atoms with Gasteiger partial charge in [0.15, 0.2) is 0 Å². The lowest BCUT2D eigenvalue weighted by molar-refractivity contribution is 0.309. The monoisotopic (exact) mass is 325 g/mol. The highest BCUT2D eigenvalue weighted by atomic mass is 79.9. The minimum atomic E-state index is 0.511. The minimum absolute atomic E-state index is 0.511. The maximum Gasteiger partial charge on any atom is 0.122 e. The highest BCUT2D eigenvalue weighted by molar-refractivity contribution is 9.10. The molecule has 1 aromatic heterocycles. The summed E-state index contributed by atoms with van der Waals surface area (Å²) in [4.78, 5) is 2.65. The predicted octanol–water partition coefficient (Wildman–Crippen LogP) is 4.11. The second kappa shape index (κ2) is 6.36. The molecule has 0 atom stereocenters. The van der Waals surface area contributed by atoms with Gasteiger partial charge >= 0.3 is 0 Å². The van der Waals surface area contributed by atoms with Gasteiger partial charge in [-0.25, -0.2) is 0 Å². The van der Waals surface area contributed by atoms with Crippen LogP contribution in [0.1, 0.15) is 22.2 Å². The molecule has 0 bridgehead atoms. The van der Waals surface area contributed by atoms with E-state index in [1.807, 2.05) is 18.2 Å². The largest absolute Gasteiger partial charge is 0.488 e. The van der Waals surface area contributed by atoms with E-state index >= 15 is 0 Å². The Kier molecular flexibility index (Phi) is 4.80. The highest BCUT2D eigenvalue weighted by Gasteiger charge is 2.03. The molecule has 2 aromatic rings. The Morgan fingerprint density at radius 1 is 1.22 bits per heavy atom. The summed E-state index contributed by atoms with van der Waals surface area (Å²) in [5.74, 6) is 0.866. The van der Waals surface area contributed by atoms with E-state index in [-0.39, 0.29) is 0 Å². The van der Waals surface area contributed by atoms with Gasteiger partial charge in [0, 0.05) is 20.8 Å². The number of halogens is 1. The van der Waals surface area contributed by atoms with Crippen molar-refractivity contribution in [3.8, 4) is 5.75 Å². The van der Waals surface area contributed by atoms with Crippen LogP contribution in [0.4, 0.5) is 0 Å². The van der Waals surface area contributed by atoms with E-state index in [9.17, 15) is 0 Å². The first-order valence-corrected chi connectivity index (χ1v) is 7.52. The maximum atomic E-state index is 5.78. The SMILES string of the molecule is CCc1ccc(COc2ccc(Br)c(CN)c2)s1. The number of ether oxygens (including phenoxy) is 1. The Morgan fingerprint density at radius 3 is 2.67 bits per heavy atom. The summed E-state index contributed by atoms with van der Waals surface area (Å²) < 4.78 is 6.81. The zero-order valence-corrected chi connectivity index (χ0v) is 12.7. The van der Waals surface area contributed by atoms with Crippen LogP contribution < -0.4 is 10.5 Å². The summed E-state index contributed by atoms with van der Waals surface area (Å²) in [6.07, 6.45) is 1.08. The lowest BCUT2D eigenvalue weighted by Crippen LogP contribution is -1.99. The standard InChI is InChI=1S/C14H16BrNOS/c1-2-12-4-5-13(18-12)9-17-11-3-6-14(15)10(7-11)8-16/h3-7H,2,8-9,16H2,1H3. The molecule has 2 nitrogen and oxygen atoms in total. The van der Waals surface area contributed by atoms with E-state index in [0.29, 0.717) is 13.2 Å². The number of benzene rings is 1. The van der Waals surface area contributed by atoms with Gasteiger partial charge in [-0.1, -0.05) is 22.9 Å². The molecule has 18 heavy (non-hydrogen) atoms. The lowest BCUT2D eigenvalue weighted by Gasteiger charge is -2.07. The normalized spacial score (nSPS) is 10.6. The molecule has 0 aliphatic heterocycles. The van der Waals surface area contributed by atoms with Crippen molar-refractivity contribution in [1.82, 2.24) is 0 Å². The average Bonchev–Trinajstić information content (AvgIpc) is 2.86. The molecule has 2 N–H and O–H groups in total. The van der Waals surface area contributed by atoms with Crippen molar-refractivity contribution in [2.45, 2.75) is 26.5 Å². The molecule has 96 valence electrons.